The Hall–Kier alpha value is -0.330. The van der Waals surface area contributed by atoms with Crippen LogP contribution in [0.25, 0.3) is 0 Å². The predicted molar refractivity (Wildman–Crippen MR) is 111 cm³/mol. The average Bonchev–Trinajstić information content (AvgIpc) is 2.80. The second-order valence-electron chi connectivity index (χ2n) is 8.01. The van der Waals surface area contributed by atoms with E-state index in [2.05, 4.69) is 0 Å². The lowest BCUT2D eigenvalue weighted by molar-refractivity contribution is -0.360. The van der Waals surface area contributed by atoms with Crippen molar-refractivity contribution in [3.05, 3.63) is 0 Å². The van der Waals surface area contributed by atoms with Gasteiger partial charge in [-0.3, -0.25) is 4.21 Å². The number of rotatable bonds is 12. The molecule has 14 heteroatoms. The molecule has 2 fully saturated rings. The summed E-state index contributed by atoms with van der Waals surface area (Å²) in [6.07, 6.45) is -15.0. The van der Waals surface area contributed by atoms with E-state index in [4.69, 9.17) is 23.7 Å². The summed E-state index contributed by atoms with van der Waals surface area (Å²) in [6, 6.07) is 0. The molecule has 0 aliphatic carbocycles. The molecule has 196 valence electrons. The minimum absolute atomic E-state index is 0.100. The number of hydrogen-bond donors (Lipinski definition) is 7. The molecule has 13 nitrogen and oxygen atoms in total. The van der Waals surface area contributed by atoms with Gasteiger partial charge < -0.3 is 59.4 Å². The quantitative estimate of drug-likeness (QED) is 0.135. The maximum atomic E-state index is 11.9. The Balaban J connectivity index is 2.01. The Morgan fingerprint density at radius 1 is 0.879 bits per heavy atom. The maximum Gasteiger partial charge on any atom is 0.187 e. The third kappa shape index (κ3) is 7.33. The highest BCUT2D eigenvalue weighted by atomic mass is 32.2. The molecule has 0 spiro atoms. The first-order chi connectivity index (χ1) is 15.7. The van der Waals surface area contributed by atoms with Crippen molar-refractivity contribution in [2.24, 2.45) is 0 Å². The fourth-order valence-electron chi connectivity index (χ4n) is 3.60. The zero-order chi connectivity index (χ0) is 24.7. The van der Waals surface area contributed by atoms with Gasteiger partial charge in [-0.25, -0.2) is 0 Å². The lowest BCUT2D eigenvalue weighted by Gasteiger charge is -2.46. The van der Waals surface area contributed by atoms with E-state index in [1.165, 1.54) is 7.11 Å². The lowest BCUT2D eigenvalue weighted by atomic mass is 9.97. The van der Waals surface area contributed by atoms with Crippen LogP contribution in [-0.4, -0.2) is 146 Å². The maximum absolute atomic E-state index is 11.9. The van der Waals surface area contributed by atoms with Crippen LogP contribution >= 0.6 is 0 Å². The highest BCUT2D eigenvalue weighted by molar-refractivity contribution is 7.85. The van der Waals surface area contributed by atoms with E-state index in [1.807, 2.05) is 6.92 Å². The molecule has 33 heavy (non-hydrogen) atoms. The molecule has 2 aliphatic heterocycles. The third-order valence-corrected chi connectivity index (χ3v) is 7.15. The topological polar surface area (TPSA) is 205 Å². The Morgan fingerprint density at radius 3 is 2.06 bits per heavy atom. The van der Waals surface area contributed by atoms with Gasteiger partial charge in [0.25, 0.3) is 0 Å². The minimum atomic E-state index is -1.74. The number of ether oxygens (including phenoxy) is 5. The zero-order valence-corrected chi connectivity index (χ0v) is 19.4. The summed E-state index contributed by atoms with van der Waals surface area (Å²) in [5.74, 6) is 0.715. The smallest absolute Gasteiger partial charge is 0.187 e. The standard InChI is InChI=1S/C19H36O13S/c1-3-4-33(27)8-9(28-2)7-29-18-16(26)14(24)17(11(6-21)31-18)32-19-15(25)13(23)12(22)10(5-20)30-19/h9-26H,3-8H2,1-2H3/t9?,10?,11?,12-,13-,14+,15?,16?,17+,18+,19-,33?/m0/s1. The summed E-state index contributed by atoms with van der Waals surface area (Å²) in [6.45, 7) is 0.457. The van der Waals surface area contributed by atoms with Gasteiger partial charge in [-0.1, -0.05) is 6.92 Å². The highest BCUT2D eigenvalue weighted by Crippen LogP contribution is 2.29. The Bertz CT molecular complexity index is 594. The van der Waals surface area contributed by atoms with Gasteiger partial charge in [0.15, 0.2) is 12.6 Å². The van der Waals surface area contributed by atoms with Crippen LogP contribution in [0.1, 0.15) is 13.3 Å². The normalized spacial score (nSPS) is 41.6. The van der Waals surface area contributed by atoms with Crippen molar-refractivity contribution >= 4 is 10.8 Å². The number of methoxy groups -OCH3 is 1. The van der Waals surface area contributed by atoms with Crippen LogP contribution in [0.4, 0.5) is 0 Å². The predicted octanol–water partition coefficient (Wildman–Crippen LogP) is -4.20. The Kier molecular flexibility index (Phi) is 12.0. The second-order valence-corrected chi connectivity index (χ2v) is 9.63. The summed E-state index contributed by atoms with van der Waals surface area (Å²) in [4.78, 5) is 0. The second kappa shape index (κ2) is 13.7. The SMILES string of the molecule is CCCS(=O)CC(CO[C@@H]1OC(CO)[C@@H](O[C@@H]2OC(CO)[C@H](O)[C@H](O)C2O)[C@H](O)C1O)OC. The van der Waals surface area contributed by atoms with Crippen LogP contribution in [0.5, 0.6) is 0 Å². The summed E-state index contributed by atoms with van der Waals surface area (Å²) < 4.78 is 39.0. The first-order valence-corrected chi connectivity index (χ1v) is 12.2. The van der Waals surface area contributed by atoms with Gasteiger partial charge in [0, 0.05) is 23.7 Å². The van der Waals surface area contributed by atoms with Gasteiger partial charge >= 0.3 is 0 Å². The van der Waals surface area contributed by atoms with E-state index in [0.717, 1.165) is 6.42 Å². The van der Waals surface area contributed by atoms with Crippen molar-refractivity contribution < 1.29 is 63.6 Å². The summed E-state index contributed by atoms with van der Waals surface area (Å²) in [5, 5.41) is 70.0. The van der Waals surface area contributed by atoms with Gasteiger partial charge in [0.05, 0.1) is 31.7 Å². The monoisotopic (exact) mass is 504 g/mol. The fourth-order valence-corrected chi connectivity index (χ4v) is 4.87. The fraction of sp³-hybridized carbons (Fsp3) is 1.00. The molecular formula is C19H36O13S. The Morgan fingerprint density at radius 2 is 1.48 bits per heavy atom. The largest absolute Gasteiger partial charge is 0.394 e. The average molecular weight is 505 g/mol. The number of aliphatic hydroxyl groups excluding tert-OH is 7. The first kappa shape index (κ1) is 28.9. The van der Waals surface area contributed by atoms with Crippen LogP contribution in [0, 0.1) is 0 Å². The van der Waals surface area contributed by atoms with Crippen molar-refractivity contribution in [1.82, 2.24) is 0 Å². The van der Waals surface area contributed by atoms with Gasteiger partial charge in [0.1, 0.15) is 48.8 Å². The van der Waals surface area contributed by atoms with Crippen molar-refractivity contribution in [1.29, 1.82) is 0 Å². The molecule has 0 radical (unpaired) electrons. The molecular weight excluding hydrogens is 468 g/mol. The van der Waals surface area contributed by atoms with Crippen molar-refractivity contribution in [2.45, 2.75) is 80.9 Å². The van der Waals surface area contributed by atoms with Gasteiger partial charge in [-0.2, -0.15) is 0 Å². The van der Waals surface area contributed by atoms with E-state index in [-0.39, 0.29) is 12.4 Å². The van der Waals surface area contributed by atoms with Crippen molar-refractivity contribution in [3.63, 3.8) is 0 Å². The lowest BCUT2D eigenvalue weighted by Crippen LogP contribution is -2.64. The van der Waals surface area contributed by atoms with Crippen LogP contribution < -0.4 is 0 Å². The van der Waals surface area contributed by atoms with Crippen LogP contribution in [-0.2, 0) is 34.5 Å². The van der Waals surface area contributed by atoms with Crippen LogP contribution in [0.3, 0.4) is 0 Å². The zero-order valence-electron chi connectivity index (χ0n) is 18.6. The van der Waals surface area contributed by atoms with E-state index in [1.54, 1.807) is 0 Å². The number of aliphatic hydroxyl groups is 7. The van der Waals surface area contributed by atoms with Gasteiger partial charge in [-0.05, 0) is 6.42 Å². The summed E-state index contributed by atoms with van der Waals surface area (Å²) in [5.41, 5.74) is 0. The minimum Gasteiger partial charge on any atom is -0.394 e. The molecule has 0 amide bonds. The van der Waals surface area contributed by atoms with E-state index < -0.39 is 91.5 Å². The summed E-state index contributed by atoms with van der Waals surface area (Å²) in [7, 11) is 0.307. The molecule has 0 aromatic rings. The summed E-state index contributed by atoms with van der Waals surface area (Å²) >= 11 is 0. The van der Waals surface area contributed by atoms with Crippen molar-refractivity contribution in [2.75, 3.05) is 38.4 Å². The van der Waals surface area contributed by atoms with Gasteiger partial charge in [0.2, 0.25) is 0 Å². The molecule has 0 bridgehead atoms. The molecule has 2 rings (SSSR count). The molecule has 6 unspecified atom stereocenters. The van der Waals surface area contributed by atoms with Crippen LogP contribution in [0.2, 0.25) is 0 Å². The molecule has 2 saturated heterocycles. The van der Waals surface area contributed by atoms with E-state index >= 15 is 0 Å². The molecule has 0 aromatic carbocycles. The molecule has 0 aromatic heterocycles. The Labute approximate surface area is 194 Å². The first-order valence-electron chi connectivity index (χ1n) is 10.8. The van der Waals surface area contributed by atoms with E-state index in [9.17, 15) is 40.0 Å². The van der Waals surface area contributed by atoms with Crippen molar-refractivity contribution in [3.8, 4) is 0 Å². The molecule has 2 aliphatic rings. The van der Waals surface area contributed by atoms with Gasteiger partial charge in [-0.15, -0.1) is 0 Å². The molecule has 12 atom stereocenters. The highest BCUT2D eigenvalue weighted by Gasteiger charge is 2.50. The molecule has 7 N–H and O–H groups in total. The van der Waals surface area contributed by atoms with E-state index in [0.29, 0.717) is 5.75 Å². The number of hydrogen-bond acceptors (Lipinski definition) is 13. The molecule has 2 heterocycles. The van der Waals surface area contributed by atoms with Crippen LogP contribution in [0.15, 0.2) is 0 Å². The molecule has 0 saturated carbocycles. The third-order valence-electron chi connectivity index (χ3n) is 5.54.